The zero-order valence-corrected chi connectivity index (χ0v) is 19.1. The number of hydrogen-bond donors (Lipinski definition) is 3. The highest BCUT2D eigenvalue weighted by atomic mass is 16.7. The van der Waals surface area contributed by atoms with E-state index in [-0.39, 0.29) is 19.4 Å². The summed E-state index contributed by atoms with van der Waals surface area (Å²) in [7, 11) is 0. The molecule has 0 bridgehead atoms. The highest BCUT2D eigenvalue weighted by Gasteiger charge is 2.22. The van der Waals surface area contributed by atoms with Crippen LogP contribution in [0.3, 0.4) is 0 Å². The fourth-order valence-electron chi connectivity index (χ4n) is 3.90. The molecule has 2 aliphatic rings. The van der Waals surface area contributed by atoms with Gasteiger partial charge in [-0.05, 0) is 53.6 Å². The third-order valence-electron chi connectivity index (χ3n) is 5.87. The molecule has 3 N–H and O–H groups in total. The van der Waals surface area contributed by atoms with Crippen LogP contribution in [0.25, 0.3) is 0 Å². The summed E-state index contributed by atoms with van der Waals surface area (Å²) in [6.07, 6.45) is 1.57. The number of nitrogens with one attached hydrogen (secondary N) is 2. The highest BCUT2D eigenvalue weighted by molar-refractivity contribution is 5.75. The quantitative estimate of drug-likeness (QED) is 0.446. The number of aliphatic hydroxyl groups excluding tert-OH is 1. The summed E-state index contributed by atoms with van der Waals surface area (Å²) in [5, 5.41) is 9.08. The van der Waals surface area contributed by atoms with Crippen LogP contribution in [0, 0.1) is 0 Å². The van der Waals surface area contributed by atoms with E-state index in [1.165, 1.54) is 5.56 Å². The molecule has 35 heavy (non-hydrogen) atoms. The molecule has 5 rings (SSSR count). The molecule has 0 saturated carbocycles. The Morgan fingerprint density at radius 2 is 1.74 bits per heavy atom. The Labute approximate surface area is 203 Å². The number of fused-ring (bicyclic) bond motifs is 1. The van der Waals surface area contributed by atoms with E-state index in [9.17, 15) is 4.79 Å². The van der Waals surface area contributed by atoms with Crippen molar-refractivity contribution in [3.63, 3.8) is 0 Å². The number of hydrogen-bond acceptors (Lipinski definition) is 8. The zero-order chi connectivity index (χ0) is 24.0. The van der Waals surface area contributed by atoms with Crippen LogP contribution in [-0.4, -0.2) is 58.9 Å². The Balaban J connectivity index is 1.05. The van der Waals surface area contributed by atoms with Crippen LogP contribution >= 0.6 is 0 Å². The molecule has 10 nitrogen and oxygen atoms in total. The summed E-state index contributed by atoms with van der Waals surface area (Å²) in [5.74, 6) is 2.63. The highest BCUT2D eigenvalue weighted by Crippen LogP contribution is 2.32. The third kappa shape index (κ3) is 5.73. The number of urea groups is 1. The van der Waals surface area contributed by atoms with Gasteiger partial charge < -0.3 is 24.2 Å². The number of nitrogens with zero attached hydrogens (tertiary/aromatic N) is 3. The number of anilines is 1. The first-order valence-electron chi connectivity index (χ1n) is 11.4. The molecule has 10 heteroatoms. The second-order valence-corrected chi connectivity index (χ2v) is 8.30. The minimum absolute atomic E-state index is 0.0593. The number of benzene rings is 2. The van der Waals surface area contributed by atoms with Crippen molar-refractivity contribution in [1.82, 2.24) is 20.2 Å². The Morgan fingerprint density at radius 1 is 0.971 bits per heavy atom. The summed E-state index contributed by atoms with van der Waals surface area (Å²) in [6, 6.07) is 16.5. The van der Waals surface area contributed by atoms with Crippen molar-refractivity contribution in [2.75, 3.05) is 38.4 Å². The van der Waals surface area contributed by atoms with Gasteiger partial charge in [-0.1, -0.05) is 6.07 Å². The van der Waals surface area contributed by atoms with E-state index in [1.54, 1.807) is 47.5 Å². The number of amides is 2. The number of pyridine rings is 1. The van der Waals surface area contributed by atoms with Crippen LogP contribution in [-0.2, 0) is 13.2 Å². The lowest BCUT2D eigenvalue weighted by Crippen LogP contribution is -2.52. The summed E-state index contributed by atoms with van der Waals surface area (Å²) in [5.41, 5.74) is 8.32. The average Bonchev–Trinajstić information content (AvgIpc) is 3.37. The number of ether oxygens (including phenoxy) is 3. The second-order valence-electron chi connectivity index (χ2n) is 8.30. The van der Waals surface area contributed by atoms with E-state index in [2.05, 4.69) is 26.8 Å². The maximum atomic E-state index is 12.6. The van der Waals surface area contributed by atoms with E-state index in [0.29, 0.717) is 24.7 Å². The molecular weight excluding hydrogens is 450 g/mol. The minimum atomic E-state index is -0.166. The van der Waals surface area contributed by atoms with E-state index < -0.39 is 0 Å². The number of carbonyl (C=O) groups excluding carboxylic acids is 1. The number of rotatable bonds is 7. The molecule has 1 saturated heterocycles. The van der Waals surface area contributed by atoms with Crippen molar-refractivity contribution < 1.29 is 24.1 Å². The molecule has 2 aromatic carbocycles. The standard InChI is InChI=1S/C25H27N5O5/c31-16-19-2-8-24(26-14-19)35-21-5-3-20(4-6-21)27-28-25(32)30-11-9-29(10-12-30)15-18-1-7-22-23(13-18)34-17-33-22/h1-8,13-14,27,31H,9-12,15-17H2,(H,28,32). The van der Waals surface area contributed by atoms with Gasteiger partial charge in [-0.3, -0.25) is 15.8 Å². The zero-order valence-electron chi connectivity index (χ0n) is 19.1. The van der Waals surface area contributed by atoms with Crippen molar-refractivity contribution in [2.45, 2.75) is 13.2 Å². The first kappa shape index (κ1) is 22.8. The summed E-state index contributed by atoms with van der Waals surface area (Å²) in [6.45, 7) is 3.90. The monoisotopic (exact) mass is 477 g/mol. The first-order valence-corrected chi connectivity index (χ1v) is 11.4. The molecule has 2 amide bonds. The van der Waals surface area contributed by atoms with Crippen LogP contribution in [0.4, 0.5) is 10.5 Å². The normalized spacial score (nSPS) is 15.1. The predicted octanol–water partition coefficient (Wildman–Crippen LogP) is 2.95. The molecular formula is C25H27N5O5. The first-order chi connectivity index (χ1) is 17.2. The molecule has 0 spiro atoms. The van der Waals surface area contributed by atoms with Crippen LogP contribution in [0.1, 0.15) is 11.1 Å². The van der Waals surface area contributed by atoms with Crippen molar-refractivity contribution in [3.05, 3.63) is 71.9 Å². The molecule has 0 radical (unpaired) electrons. The van der Waals surface area contributed by atoms with E-state index in [1.807, 2.05) is 12.1 Å². The van der Waals surface area contributed by atoms with Crippen LogP contribution in [0.5, 0.6) is 23.1 Å². The van der Waals surface area contributed by atoms with Gasteiger partial charge in [-0.2, -0.15) is 0 Å². The summed E-state index contributed by atoms with van der Waals surface area (Å²) < 4.78 is 16.5. The summed E-state index contributed by atoms with van der Waals surface area (Å²) >= 11 is 0. The molecule has 1 aromatic heterocycles. The SMILES string of the molecule is O=C(NNc1ccc(Oc2ccc(CO)cn2)cc1)N1CCN(Cc2ccc3c(c2)OCO3)CC1. The lowest BCUT2D eigenvalue weighted by Gasteiger charge is -2.34. The number of piperazine rings is 1. The molecule has 0 aliphatic carbocycles. The molecule has 0 atom stereocenters. The number of carbonyl (C=O) groups is 1. The van der Waals surface area contributed by atoms with Crippen LogP contribution in [0.2, 0.25) is 0 Å². The van der Waals surface area contributed by atoms with Crippen molar-refractivity contribution in [1.29, 1.82) is 0 Å². The van der Waals surface area contributed by atoms with Crippen LogP contribution < -0.4 is 25.1 Å². The predicted molar refractivity (Wildman–Crippen MR) is 128 cm³/mol. The maximum Gasteiger partial charge on any atom is 0.336 e. The van der Waals surface area contributed by atoms with Crippen molar-refractivity contribution in [3.8, 4) is 23.1 Å². The number of aliphatic hydroxyl groups is 1. The van der Waals surface area contributed by atoms with E-state index in [4.69, 9.17) is 19.3 Å². The fraction of sp³-hybridized carbons (Fsp3) is 0.280. The Morgan fingerprint density at radius 3 is 2.49 bits per heavy atom. The largest absolute Gasteiger partial charge is 0.454 e. The van der Waals surface area contributed by atoms with Gasteiger partial charge in [0.05, 0.1) is 12.3 Å². The number of hydrazine groups is 1. The third-order valence-corrected chi connectivity index (χ3v) is 5.87. The van der Waals surface area contributed by atoms with Gasteiger partial charge in [0.25, 0.3) is 0 Å². The van der Waals surface area contributed by atoms with Gasteiger partial charge in [0.2, 0.25) is 12.7 Å². The van der Waals surface area contributed by atoms with E-state index in [0.717, 1.165) is 42.4 Å². The smallest absolute Gasteiger partial charge is 0.336 e. The van der Waals surface area contributed by atoms with Crippen LogP contribution in [0.15, 0.2) is 60.8 Å². The van der Waals surface area contributed by atoms with Gasteiger partial charge in [0.1, 0.15) is 5.75 Å². The Hall–Kier alpha value is -4.02. The maximum absolute atomic E-state index is 12.6. The van der Waals surface area contributed by atoms with Gasteiger partial charge in [-0.15, -0.1) is 0 Å². The fourth-order valence-corrected chi connectivity index (χ4v) is 3.90. The van der Waals surface area contributed by atoms with Crippen molar-refractivity contribution in [2.24, 2.45) is 0 Å². The second kappa shape index (κ2) is 10.5. The lowest BCUT2D eigenvalue weighted by molar-refractivity contribution is 0.136. The summed E-state index contributed by atoms with van der Waals surface area (Å²) in [4.78, 5) is 20.8. The van der Waals surface area contributed by atoms with E-state index >= 15 is 0 Å². The van der Waals surface area contributed by atoms with Gasteiger partial charge >= 0.3 is 6.03 Å². The molecule has 3 aromatic rings. The minimum Gasteiger partial charge on any atom is -0.454 e. The molecule has 1 fully saturated rings. The number of aromatic nitrogens is 1. The molecule has 3 heterocycles. The molecule has 2 aliphatic heterocycles. The van der Waals surface area contributed by atoms with Gasteiger partial charge in [0.15, 0.2) is 11.5 Å². The Bertz CT molecular complexity index is 1150. The average molecular weight is 478 g/mol. The molecule has 0 unspecified atom stereocenters. The Kier molecular flexibility index (Phi) is 6.82. The van der Waals surface area contributed by atoms with Crippen molar-refractivity contribution >= 4 is 11.7 Å². The van der Waals surface area contributed by atoms with Gasteiger partial charge in [0, 0.05) is 45.0 Å². The van der Waals surface area contributed by atoms with Gasteiger partial charge in [-0.25, -0.2) is 9.78 Å². The molecule has 182 valence electrons. The topological polar surface area (TPSA) is 108 Å². The lowest BCUT2D eigenvalue weighted by atomic mass is 10.1.